The van der Waals surface area contributed by atoms with E-state index in [9.17, 15) is 0 Å². The van der Waals surface area contributed by atoms with E-state index in [0.29, 0.717) is 13.2 Å². The van der Waals surface area contributed by atoms with Crippen LogP contribution in [0.15, 0.2) is 42.5 Å². The van der Waals surface area contributed by atoms with Gasteiger partial charge in [0.2, 0.25) is 0 Å². The zero-order valence-corrected chi connectivity index (χ0v) is 17.3. The molecule has 0 amide bonds. The molecule has 0 radical (unpaired) electrons. The summed E-state index contributed by atoms with van der Waals surface area (Å²) in [4.78, 5) is 0. The van der Waals surface area contributed by atoms with Crippen LogP contribution in [0, 0.1) is 0 Å². The number of fused-ring (bicyclic) bond motifs is 2. The van der Waals surface area contributed by atoms with Crippen LogP contribution in [0.3, 0.4) is 0 Å². The van der Waals surface area contributed by atoms with Crippen molar-refractivity contribution in [2.24, 2.45) is 0 Å². The van der Waals surface area contributed by atoms with Crippen LogP contribution in [0.4, 0.5) is 0 Å². The molecule has 3 heterocycles. The smallest absolute Gasteiger partial charge is 0.190 e. The molecule has 0 spiro atoms. The van der Waals surface area contributed by atoms with Crippen molar-refractivity contribution < 1.29 is 28.4 Å². The van der Waals surface area contributed by atoms with Gasteiger partial charge in [-0.25, -0.2) is 0 Å². The van der Waals surface area contributed by atoms with E-state index in [0.717, 1.165) is 5.56 Å². The maximum absolute atomic E-state index is 6.37. The van der Waals surface area contributed by atoms with E-state index in [1.54, 1.807) is 0 Å². The number of rotatable bonds is 4. The lowest BCUT2D eigenvalue weighted by atomic mass is 10.1. The number of benzene rings is 2. The molecule has 0 aromatic heterocycles. The van der Waals surface area contributed by atoms with Crippen LogP contribution in [0.2, 0.25) is 0 Å². The third-order valence-electron chi connectivity index (χ3n) is 5.68. The fraction of sp³-hybridized carbons (Fsp3) is 0.565. The monoisotopic (exact) mass is 400 g/mol. The molecule has 2 aromatic rings. The van der Waals surface area contributed by atoms with E-state index in [4.69, 9.17) is 28.4 Å². The van der Waals surface area contributed by atoms with E-state index in [-0.39, 0.29) is 24.4 Å². The molecule has 3 fully saturated rings. The van der Waals surface area contributed by atoms with Crippen LogP contribution in [-0.4, -0.2) is 48.9 Å². The molecule has 0 bridgehead atoms. The predicted molar refractivity (Wildman–Crippen MR) is 106 cm³/mol. The minimum Gasteiger partial charge on any atom is -0.368 e. The molecule has 5 atom stereocenters. The van der Waals surface area contributed by atoms with Gasteiger partial charge in [-0.2, -0.15) is 0 Å². The molecule has 0 aliphatic carbocycles. The predicted octanol–water partition coefficient (Wildman–Crippen LogP) is 3.75. The van der Waals surface area contributed by atoms with E-state index in [1.807, 2.05) is 39.8 Å². The van der Waals surface area contributed by atoms with Crippen molar-refractivity contribution in [1.29, 1.82) is 0 Å². The second-order valence-electron chi connectivity index (χ2n) is 8.89. The molecule has 0 N–H and O–H groups in total. The van der Waals surface area contributed by atoms with Gasteiger partial charge in [0.25, 0.3) is 0 Å². The Hall–Kier alpha value is -1.54. The van der Waals surface area contributed by atoms with Crippen molar-refractivity contribution in [3.63, 3.8) is 0 Å². The first-order valence-electron chi connectivity index (χ1n) is 10.2. The third kappa shape index (κ3) is 3.81. The highest BCUT2D eigenvalue weighted by molar-refractivity contribution is 5.82. The van der Waals surface area contributed by atoms with Crippen LogP contribution in [-0.2, 0) is 35.0 Å². The minimum absolute atomic E-state index is 0.229. The summed E-state index contributed by atoms with van der Waals surface area (Å²) in [5, 5.41) is 2.41. The summed E-state index contributed by atoms with van der Waals surface area (Å²) in [7, 11) is 0. The molecule has 5 unspecified atom stereocenters. The van der Waals surface area contributed by atoms with Gasteiger partial charge in [-0.3, -0.25) is 0 Å². The van der Waals surface area contributed by atoms with Crippen molar-refractivity contribution in [3.8, 4) is 0 Å². The largest absolute Gasteiger partial charge is 0.368 e. The first-order chi connectivity index (χ1) is 13.8. The molecular formula is C23H28O6. The van der Waals surface area contributed by atoms with Gasteiger partial charge in [0.05, 0.1) is 13.2 Å². The van der Waals surface area contributed by atoms with Gasteiger partial charge in [-0.15, -0.1) is 0 Å². The van der Waals surface area contributed by atoms with Crippen molar-refractivity contribution in [3.05, 3.63) is 48.0 Å². The van der Waals surface area contributed by atoms with Gasteiger partial charge >= 0.3 is 0 Å². The topological polar surface area (TPSA) is 55.4 Å². The molecule has 3 saturated heterocycles. The zero-order chi connectivity index (χ0) is 20.2. The van der Waals surface area contributed by atoms with Gasteiger partial charge in [0, 0.05) is 0 Å². The minimum atomic E-state index is -0.697. The molecule has 2 aromatic carbocycles. The maximum atomic E-state index is 6.37. The summed E-state index contributed by atoms with van der Waals surface area (Å²) in [5.74, 6) is -1.33. The Morgan fingerprint density at radius 3 is 2.45 bits per heavy atom. The highest BCUT2D eigenvalue weighted by atomic mass is 16.8. The SMILES string of the molecule is CC1(C)OCC(C2OC3OC(C)(C)OC3C2OCc2ccc3ccccc3c2)O1. The van der Waals surface area contributed by atoms with Gasteiger partial charge in [0.1, 0.15) is 24.4 Å². The van der Waals surface area contributed by atoms with Crippen molar-refractivity contribution in [1.82, 2.24) is 0 Å². The number of ether oxygens (including phenoxy) is 6. The summed E-state index contributed by atoms with van der Waals surface area (Å²) >= 11 is 0. The Bertz CT molecular complexity index is 894. The maximum Gasteiger partial charge on any atom is 0.190 e. The Labute approximate surface area is 171 Å². The second kappa shape index (κ2) is 7.01. The van der Waals surface area contributed by atoms with E-state index >= 15 is 0 Å². The first-order valence-corrected chi connectivity index (χ1v) is 10.2. The second-order valence-corrected chi connectivity index (χ2v) is 8.89. The van der Waals surface area contributed by atoms with Crippen LogP contribution < -0.4 is 0 Å². The molecular weight excluding hydrogens is 372 g/mol. The van der Waals surface area contributed by atoms with Crippen LogP contribution in [0.25, 0.3) is 10.8 Å². The summed E-state index contributed by atoms with van der Waals surface area (Å²) in [6.07, 6.45) is -1.63. The normalized spacial score (nSPS) is 35.2. The van der Waals surface area contributed by atoms with Crippen molar-refractivity contribution >= 4 is 10.8 Å². The number of hydrogen-bond donors (Lipinski definition) is 0. The third-order valence-corrected chi connectivity index (χ3v) is 5.68. The zero-order valence-electron chi connectivity index (χ0n) is 17.3. The lowest BCUT2D eigenvalue weighted by molar-refractivity contribution is -0.236. The average Bonchev–Trinajstić information content (AvgIpc) is 3.28. The molecule has 5 rings (SSSR count). The Kier molecular flexibility index (Phi) is 4.70. The molecule has 156 valence electrons. The van der Waals surface area contributed by atoms with Crippen LogP contribution in [0.1, 0.15) is 33.3 Å². The van der Waals surface area contributed by atoms with Crippen molar-refractivity contribution in [2.45, 2.75) is 76.6 Å². The van der Waals surface area contributed by atoms with Gasteiger partial charge in [0.15, 0.2) is 17.9 Å². The summed E-state index contributed by atoms with van der Waals surface area (Å²) < 4.78 is 36.4. The molecule has 3 aliphatic heterocycles. The standard InChI is InChI=1S/C23H28O6/c1-22(2)25-13-17(27-22)18-19(20-21(26-18)29-23(3,4)28-20)24-12-14-9-10-15-7-5-6-8-16(15)11-14/h5-11,17-21H,12-13H2,1-4H3. The Morgan fingerprint density at radius 2 is 1.69 bits per heavy atom. The fourth-order valence-corrected chi connectivity index (χ4v) is 4.39. The molecule has 29 heavy (non-hydrogen) atoms. The molecule has 6 nitrogen and oxygen atoms in total. The van der Waals surface area contributed by atoms with E-state index in [2.05, 4.69) is 30.3 Å². The summed E-state index contributed by atoms with van der Waals surface area (Å²) in [6.45, 7) is 8.51. The van der Waals surface area contributed by atoms with Crippen molar-refractivity contribution in [2.75, 3.05) is 6.61 Å². The van der Waals surface area contributed by atoms with Crippen LogP contribution in [0.5, 0.6) is 0 Å². The molecule has 0 saturated carbocycles. The summed E-state index contributed by atoms with van der Waals surface area (Å²) in [5.41, 5.74) is 1.10. The number of hydrogen-bond acceptors (Lipinski definition) is 6. The highest BCUT2D eigenvalue weighted by Crippen LogP contribution is 2.42. The van der Waals surface area contributed by atoms with E-state index in [1.165, 1.54) is 10.8 Å². The van der Waals surface area contributed by atoms with E-state index < -0.39 is 17.9 Å². The highest BCUT2D eigenvalue weighted by Gasteiger charge is 2.58. The summed E-state index contributed by atoms with van der Waals surface area (Å²) in [6, 6.07) is 14.7. The fourth-order valence-electron chi connectivity index (χ4n) is 4.39. The molecule has 6 heteroatoms. The Morgan fingerprint density at radius 1 is 0.897 bits per heavy atom. The lowest BCUT2D eigenvalue weighted by Crippen LogP contribution is -2.44. The molecule has 3 aliphatic rings. The van der Waals surface area contributed by atoms with Gasteiger partial charge < -0.3 is 28.4 Å². The average molecular weight is 400 g/mol. The quantitative estimate of drug-likeness (QED) is 0.779. The van der Waals surface area contributed by atoms with Gasteiger partial charge in [-0.05, 0) is 50.1 Å². The first kappa shape index (κ1) is 19.4. The Balaban J connectivity index is 1.35. The van der Waals surface area contributed by atoms with Gasteiger partial charge in [-0.1, -0.05) is 36.4 Å². The lowest BCUT2D eigenvalue weighted by Gasteiger charge is -2.29. The van der Waals surface area contributed by atoms with Crippen LogP contribution >= 0.6 is 0 Å².